The molecule has 6 amide bonds. The van der Waals surface area contributed by atoms with Gasteiger partial charge < -0.3 is 70.3 Å². The monoisotopic (exact) mass is 1430 g/mol. The number of aromatic nitrogens is 1. The van der Waals surface area contributed by atoms with Crippen molar-refractivity contribution in [2.24, 2.45) is 4.40 Å². The molecule has 2 atom stereocenters. The lowest BCUT2D eigenvalue weighted by Crippen LogP contribution is -2.50. The molecule has 550 valence electrons. The van der Waals surface area contributed by atoms with Gasteiger partial charge in [0, 0.05) is 89.0 Å². The number of halogens is 3. The number of carboxylic acid groups (broad SMARTS) is 3. The fourth-order valence-corrected chi connectivity index (χ4v) is 11.0. The average Bonchev–Trinajstić information content (AvgIpc) is 1.01. The molecule has 3 aromatic carbocycles. The van der Waals surface area contributed by atoms with Crippen LogP contribution in [0, 0.1) is 4.78 Å². The van der Waals surface area contributed by atoms with Crippen LogP contribution in [0.1, 0.15) is 52.8 Å². The number of likely N-dealkylation sites (tertiary alicyclic amines) is 1. The SMILES string of the molecule is N=S(=O)(F)/N=C1\CC(F)(F)CN1C(=O)CNC(=O)c1ccnc2c(NC(=O)C(CCCCNC(=O)CCOCCOCCOCCOCCOCCOCCNC(=O)CN3CCN(CC(=O)O)CCN(CC(=O)O)CCN(CC(=O)O)CC3)NC(=O)c3cccc4ccccc34)cccc12. The number of hydrogen-bond acceptors (Lipinski definition) is 22. The summed E-state index contributed by atoms with van der Waals surface area (Å²) in [6.45, 7) is 3.36. The molecule has 2 aliphatic heterocycles. The Labute approximate surface area is 575 Å². The molecule has 6 rings (SSSR count). The molecule has 100 heavy (non-hydrogen) atoms. The lowest BCUT2D eigenvalue weighted by atomic mass is 10.0. The topological polar surface area (TPSA) is 412 Å². The molecule has 0 saturated carbocycles. The number of carboxylic acids is 3. The molecule has 0 aliphatic carbocycles. The highest BCUT2D eigenvalue weighted by atomic mass is 32.3. The van der Waals surface area contributed by atoms with Crippen molar-refractivity contribution >= 4 is 96.9 Å². The molecular weight excluding hydrogens is 1340 g/mol. The van der Waals surface area contributed by atoms with Crippen LogP contribution in [0.25, 0.3) is 21.7 Å². The molecular formula is C64H88F3N13O19S. The Balaban J connectivity index is 0.798. The molecule has 1 aromatic heterocycles. The molecule has 9 N–H and O–H groups in total. The standard InChI is InChI=1S/C64H88F3N13O19S/c65-64(66)39-53(75-100(67,68)93)80(45-64)56(83)40-72-61(90)50-14-17-71-60-48(50)10-6-13-51(60)73-63(92)52(74-62(91)49-11-5-8-46-7-1-2-9-47(46)49)12-3-4-16-69-54(81)15-27-94-29-31-96-33-35-98-37-38-99-36-34-97-32-30-95-28-18-70-55(82)41-76-19-21-77(42-57(84)85)23-25-79(44-59(88)89)26-24-78(22-20-76)43-58(86)87/h1-2,5-11,13-14,17,52,68H,3-4,12,15-16,18-45H2,(H,69,81)(H,70,82)(H,72,90)(H,73,92)(H,74,91)(H,84,85)(H,86,87)(H,88,89)/b75-53+. The van der Waals surface area contributed by atoms with E-state index in [1.807, 2.05) is 23.1 Å². The van der Waals surface area contributed by atoms with Crippen LogP contribution in [-0.2, 0) is 72.3 Å². The maximum atomic E-state index is 14.2. The van der Waals surface area contributed by atoms with E-state index in [2.05, 4.69) is 36.0 Å². The van der Waals surface area contributed by atoms with Crippen molar-refractivity contribution in [3.05, 3.63) is 84.1 Å². The number of rotatable bonds is 42. The third-order valence-electron chi connectivity index (χ3n) is 15.5. The molecule has 2 aliphatic rings. The van der Waals surface area contributed by atoms with Crippen LogP contribution < -0.4 is 26.6 Å². The highest BCUT2D eigenvalue weighted by Crippen LogP contribution is 2.30. The van der Waals surface area contributed by atoms with E-state index in [4.69, 9.17) is 33.2 Å². The number of carbonyl (C=O) groups is 9. The number of nitrogens with one attached hydrogen (secondary N) is 6. The van der Waals surface area contributed by atoms with Crippen LogP contribution in [0.4, 0.5) is 18.4 Å². The number of aliphatic carboxylic acids is 3. The third kappa shape index (κ3) is 30.2. The molecule has 36 heteroatoms. The summed E-state index contributed by atoms with van der Waals surface area (Å²) in [5.41, 5.74) is 0.607. The van der Waals surface area contributed by atoms with Gasteiger partial charge in [-0.15, -0.1) is 8.28 Å². The number of unbranched alkanes of at least 4 members (excludes halogenated alkanes) is 1. The van der Waals surface area contributed by atoms with E-state index in [0.717, 1.165) is 5.39 Å². The zero-order chi connectivity index (χ0) is 72.3. The molecule has 3 heterocycles. The second-order valence-electron chi connectivity index (χ2n) is 23.2. The van der Waals surface area contributed by atoms with E-state index < -0.39 is 89.1 Å². The van der Waals surface area contributed by atoms with E-state index in [1.165, 1.54) is 30.5 Å². The molecule has 0 radical (unpaired) electrons. The number of ether oxygens (including phenoxy) is 6. The van der Waals surface area contributed by atoms with Gasteiger partial charge in [0.1, 0.15) is 11.9 Å². The van der Waals surface area contributed by atoms with E-state index >= 15 is 0 Å². The summed E-state index contributed by atoms with van der Waals surface area (Å²) in [6.07, 6.45) is 1.07. The number of anilines is 1. The summed E-state index contributed by atoms with van der Waals surface area (Å²) >= 11 is 0. The van der Waals surface area contributed by atoms with E-state index in [0.29, 0.717) is 101 Å². The quantitative estimate of drug-likeness (QED) is 0.0223. The predicted molar refractivity (Wildman–Crippen MR) is 357 cm³/mol. The van der Waals surface area contributed by atoms with Crippen molar-refractivity contribution in [1.82, 2.24) is 50.8 Å². The Hall–Kier alpha value is -8.43. The summed E-state index contributed by atoms with van der Waals surface area (Å²) in [5, 5.41) is 43.6. The normalized spacial score (nSPS) is 16.4. The smallest absolute Gasteiger partial charge is 0.317 e. The predicted octanol–water partition coefficient (Wildman–Crippen LogP) is 1.34. The maximum Gasteiger partial charge on any atom is 0.317 e. The average molecular weight is 1430 g/mol. The maximum absolute atomic E-state index is 14.2. The van der Waals surface area contributed by atoms with Crippen LogP contribution in [0.3, 0.4) is 0 Å². The van der Waals surface area contributed by atoms with Crippen molar-refractivity contribution in [1.29, 1.82) is 4.78 Å². The minimum Gasteiger partial charge on any atom is -0.480 e. The molecule has 2 saturated heterocycles. The minimum atomic E-state index is -5.12. The highest BCUT2D eigenvalue weighted by molar-refractivity contribution is 7.86. The first-order chi connectivity index (χ1) is 47.9. The number of amidine groups is 1. The molecule has 2 fully saturated rings. The van der Waals surface area contributed by atoms with Gasteiger partial charge in [-0.3, -0.25) is 72.6 Å². The number of carbonyl (C=O) groups excluding carboxylic acids is 6. The number of hydrogen-bond donors (Lipinski definition) is 9. The Morgan fingerprint density at radius 2 is 1.07 bits per heavy atom. The summed E-state index contributed by atoms with van der Waals surface area (Å²) in [5.74, 6) is -11.2. The van der Waals surface area contributed by atoms with Crippen LogP contribution in [0.5, 0.6) is 0 Å². The Morgan fingerprint density at radius 3 is 1.63 bits per heavy atom. The van der Waals surface area contributed by atoms with Crippen molar-refractivity contribution < 1.29 is 104 Å². The Morgan fingerprint density at radius 1 is 0.580 bits per heavy atom. The number of alkyl halides is 2. The fourth-order valence-electron chi connectivity index (χ4n) is 10.6. The minimum absolute atomic E-state index is 0.00743. The summed E-state index contributed by atoms with van der Waals surface area (Å²) in [4.78, 5) is 126. The van der Waals surface area contributed by atoms with E-state index in [-0.39, 0.29) is 145 Å². The summed E-state index contributed by atoms with van der Waals surface area (Å²) in [6, 6.07) is 17.3. The van der Waals surface area contributed by atoms with Gasteiger partial charge in [0.15, 0.2) is 0 Å². The van der Waals surface area contributed by atoms with Crippen LogP contribution in [0.2, 0.25) is 0 Å². The third-order valence-corrected chi connectivity index (χ3v) is 15.9. The van der Waals surface area contributed by atoms with Crippen molar-refractivity contribution in [3.63, 3.8) is 0 Å². The van der Waals surface area contributed by atoms with Gasteiger partial charge in [0.05, 0.1) is 142 Å². The largest absolute Gasteiger partial charge is 0.480 e. The van der Waals surface area contributed by atoms with Gasteiger partial charge in [-0.1, -0.05) is 48.5 Å². The number of benzene rings is 3. The van der Waals surface area contributed by atoms with Crippen LogP contribution in [0.15, 0.2) is 77.3 Å². The Bertz CT molecular complexity index is 3490. The van der Waals surface area contributed by atoms with Gasteiger partial charge in [0.25, 0.3) is 17.7 Å². The second kappa shape index (κ2) is 42.6. The van der Waals surface area contributed by atoms with Crippen LogP contribution >= 0.6 is 0 Å². The lowest BCUT2D eigenvalue weighted by Gasteiger charge is -2.32. The zero-order valence-corrected chi connectivity index (χ0v) is 56.2. The van der Waals surface area contributed by atoms with E-state index in [9.17, 15) is 75.3 Å². The van der Waals surface area contributed by atoms with Crippen LogP contribution in [-0.4, -0.2) is 304 Å². The zero-order valence-electron chi connectivity index (χ0n) is 55.4. The van der Waals surface area contributed by atoms with Crippen molar-refractivity contribution in [3.8, 4) is 0 Å². The molecule has 4 aromatic rings. The summed E-state index contributed by atoms with van der Waals surface area (Å²) < 4.78 is 96.2. The van der Waals surface area contributed by atoms with Gasteiger partial charge in [-0.25, -0.2) is 13.6 Å². The second-order valence-corrected chi connectivity index (χ2v) is 24.3. The number of nitrogens with zero attached hydrogens (tertiary/aromatic N) is 7. The highest BCUT2D eigenvalue weighted by Gasteiger charge is 2.46. The van der Waals surface area contributed by atoms with Gasteiger partial charge in [-0.2, -0.15) is 4.21 Å². The number of amides is 6. The first-order valence-corrected chi connectivity index (χ1v) is 33.9. The van der Waals surface area contributed by atoms with E-state index in [1.54, 1.807) is 39.0 Å². The lowest BCUT2D eigenvalue weighted by molar-refractivity contribution is -0.140. The molecule has 0 bridgehead atoms. The summed E-state index contributed by atoms with van der Waals surface area (Å²) in [7, 11) is -5.12. The number of pyridine rings is 1. The Kier molecular flexibility index (Phi) is 34.3. The molecule has 32 nitrogen and oxygen atoms in total. The molecule has 2 unspecified atom stereocenters. The first-order valence-electron chi connectivity index (χ1n) is 32.5. The van der Waals surface area contributed by atoms with Gasteiger partial charge in [0.2, 0.25) is 23.6 Å². The number of fused-ring (bicyclic) bond motifs is 2. The van der Waals surface area contributed by atoms with Gasteiger partial charge >= 0.3 is 28.2 Å². The van der Waals surface area contributed by atoms with Gasteiger partial charge in [-0.05, 0) is 48.2 Å². The fraction of sp³-hybridized carbons (Fsp3) is 0.547. The van der Waals surface area contributed by atoms with Crippen molar-refractivity contribution in [2.45, 2.75) is 44.1 Å². The molecule has 0 spiro atoms. The first kappa shape index (κ1) is 80.5. The van der Waals surface area contributed by atoms with Crippen molar-refractivity contribution in [2.75, 3.05) is 189 Å². The number of para-hydroxylation sites is 1.